The number of anilines is 1. The Morgan fingerprint density at radius 2 is 2.00 bits per heavy atom. The topological polar surface area (TPSA) is 37.4 Å². The minimum Gasteiger partial charge on any atom is -0.270 e. The highest BCUT2D eigenvalue weighted by Crippen LogP contribution is 2.20. The van der Waals surface area contributed by atoms with Crippen LogP contribution in [0.3, 0.4) is 0 Å². The molecular formula is C10H13ClFNO2S. The van der Waals surface area contributed by atoms with Crippen LogP contribution in [-0.4, -0.2) is 27.1 Å². The normalized spacial score (nSPS) is 11.4. The zero-order chi connectivity index (χ0) is 12.2. The smallest absolute Gasteiger partial charge is 0.235 e. The molecule has 0 saturated carbocycles. The molecule has 0 fully saturated rings. The SMILES string of the molecule is CN(c1ccccc1F)S(=O)(=O)CCCCl. The molecule has 0 aromatic heterocycles. The van der Waals surface area contributed by atoms with Crippen molar-refractivity contribution in [1.82, 2.24) is 0 Å². The molecule has 0 N–H and O–H groups in total. The third-order valence-corrected chi connectivity index (χ3v) is 4.25. The van der Waals surface area contributed by atoms with Crippen molar-refractivity contribution in [2.24, 2.45) is 0 Å². The average Bonchev–Trinajstić information content (AvgIpc) is 2.26. The van der Waals surface area contributed by atoms with E-state index in [0.29, 0.717) is 6.42 Å². The second-order valence-electron chi connectivity index (χ2n) is 3.28. The van der Waals surface area contributed by atoms with E-state index >= 15 is 0 Å². The van der Waals surface area contributed by atoms with E-state index < -0.39 is 15.8 Å². The molecule has 3 nitrogen and oxygen atoms in total. The molecule has 0 atom stereocenters. The predicted molar refractivity (Wildman–Crippen MR) is 63.9 cm³/mol. The third kappa shape index (κ3) is 3.09. The molecule has 1 rings (SSSR count). The lowest BCUT2D eigenvalue weighted by Crippen LogP contribution is -2.29. The summed E-state index contributed by atoms with van der Waals surface area (Å²) < 4.78 is 37.8. The molecule has 0 unspecified atom stereocenters. The molecule has 0 bridgehead atoms. The molecule has 0 heterocycles. The van der Waals surface area contributed by atoms with Gasteiger partial charge in [-0.05, 0) is 18.6 Å². The average molecular weight is 266 g/mol. The van der Waals surface area contributed by atoms with Gasteiger partial charge in [-0.3, -0.25) is 4.31 Å². The number of benzene rings is 1. The zero-order valence-electron chi connectivity index (χ0n) is 8.86. The summed E-state index contributed by atoms with van der Waals surface area (Å²) in [4.78, 5) is 0. The second kappa shape index (κ2) is 5.50. The summed E-state index contributed by atoms with van der Waals surface area (Å²) in [5.74, 6) is -0.370. The van der Waals surface area contributed by atoms with Crippen LogP contribution in [0.15, 0.2) is 24.3 Å². The summed E-state index contributed by atoms with van der Waals surface area (Å²) in [6.45, 7) is 0. The van der Waals surface area contributed by atoms with Crippen molar-refractivity contribution in [1.29, 1.82) is 0 Å². The van der Waals surface area contributed by atoms with Crippen LogP contribution in [0.25, 0.3) is 0 Å². The van der Waals surface area contributed by atoms with E-state index in [1.165, 1.54) is 25.2 Å². The largest absolute Gasteiger partial charge is 0.270 e. The molecule has 0 radical (unpaired) electrons. The van der Waals surface area contributed by atoms with Gasteiger partial charge in [0.15, 0.2) is 0 Å². The number of nitrogens with zero attached hydrogens (tertiary/aromatic N) is 1. The predicted octanol–water partition coefficient (Wildman–Crippen LogP) is 2.22. The number of rotatable bonds is 5. The Bertz CT molecular complexity index is 450. The maximum atomic E-state index is 13.4. The summed E-state index contributed by atoms with van der Waals surface area (Å²) in [7, 11) is -2.15. The zero-order valence-corrected chi connectivity index (χ0v) is 10.4. The van der Waals surface area contributed by atoms with Crippen molar-refractivity contribution in [3.05, 3.63) is 30.1 Å². The van der Waals surface area contributed by atoms with Crippen LogP contribution in [-0.2, 0) is 10.0 Å². The quantitative estimate of drug-likeness (QED) is 0.766. The minimum absolute atomic E-state index is 0.0528. The van der Waals surface area contributed by atoms with E-state index in [-0.39, 0.29) is 17.3 Å². The Hall–Kier alpha value is -0.810. The number of halogens is 2. The Morgan fingerprint density at radius 3 is 2.56 bits per heavy atom. The van der Waals surface area contributed by atoms with Crippen molar-refractivity contribution >= 4 is 27.3 Å². The van der Waals surface area contributed by atoms with Gasteiger partial charge in [0.2, 0.25) is 10.0 Å². The van der Waals surface area contributed by atoms with Crippen LogP contribution < -0.4 is 4.31 Å². The highest BCUT2D eigenvalue weighted by atomic mass is 35.5. The first kappa shape index (κ1) is 13.3. The molecule has 1 aromatic rings. The van der Waals surface area contributed by atoms with Crippen LogP contribution in [0, 0.1) is 5.82 Å². The fourth-order valence-electron chi connectivity index (χ4n) is 1.23. The number of para-hydroxylation sites is 1. The summed E-state index contributed by atoms with van der Waals surface area (Å²) >= 11 is 5.43. The van der Waals surface area contributed by atoms with Crippen molar-refractivity contribution in [2.45, 2.75) is 6.42 Å². The summed E-state index contributed by atoms with van der Waals surface area (Å²) in [5.41, 5.74) is 0.0528. The van der Waals surface area contributed by atoms with Gasteiger partial charge in [-0.15, -0.1) is 11.6 Å². The Morgan fingerprint density at radius 1 is 1.38 bits per heavy atom. The van der Waals surface area contributed by atoms with Crippen molar-refractivity contribution in [3.63, 3.8) is 0 Å². The lowest BCUT2D eigenvalue weighted by Gasteiger charge is -2.19. The molecule has 16 heavy (non-hydrogen) atoms. The number of alkyl halides is 1. The van der Waals surface area contributed by atoms with Gasteiger partial charge in [0.25, 0.3) is 0 Å². The highest BCUT2D eigenvalue weighted by Gasteiger charge is 2.19. The second-order valence-corrected chi connectivity index (χ2v) is 5.78. The van der Waals surface area contributed by atoms with Gasteiger partial charge in [0.1, 0.15) is 5.82 Å². The Labute approximate surface area is 99.9 Å². The van der Waals surface area contributed by atoms with E-state index in [1.54, 1.807) is 6.07 Å². The van der Waals surface area contributed by atoms with Crippen LogP contribution in [0.5, 0.6) is 0 Å². The summed E-state index contributed by atoms with van der Waals surface area (Å²) in [6, 6.07) is 5.75. The van der Waals surface area contributed by atoms with Crippen LogP contribution >= 0.6 is 11.6 Å². The molecule has 0 aliphatic rings. The van der Waals surface area contributed by atoms with Crippen LogP contribution in [0.4, 0.5) is 10.1 Å². The molecule has 0 aliphatic carbocycles. The molecule has 0 saturated heterocycles. The van der Waals surface area contributed by atoms with Crippen LogP contribution in [0.1, 0.15) is 6.42 Å². The lowest BCUT2D eigenvalue weighted by atomic mass is 10.3. The van der Waals surface area contributed by atoms with Crippen molar-refractivity contribution < 1.29 is 12.8 Å². The monoisotopic (exact) mass is 265 g/mol. The standard InChI is InChI=1S/C10H13ClFNO2S/c1-13(16(14,15)8-4-7-11)10-6-3-2-5-9(10)12/h2-3,5-6H,4,7-8H2,1H3. The van der Waals surface area contributed by atoms with Crippen molar-refractivity contribution in [3.8, 4) is 0 Å². The first-order valence-corrected chi connectivity index (χ1v) is 6.90. The van der Waals surface area contributed by atoms with Gasteiger partial charge >= 0.3 is 0 Å². The van der Waals surface area contributed by atoms with Gasteiger partial charge in [-0.2, -0.15) is 0 Å². The molecule has 0 spiro atoms. The van der Waals surface area contributed by atoms with Gasteiger partial charge in [-0.25, -0.2) is 12.8 Å². The van der Waals surface area contributed by atoms with Gasteiger partial charge in [0.05, 0.1) is 11.4 Å². The molecule has 0 aliphatic heterocycles. The van der Waals surface area contributed by atoms with E-state index in [2.05, 4.69) is 0 Å². The third-order valence-electron chi connectivity index (χ3n) is 2.14. The first-order chi connectivity index (χ1) is 7.49. The molecular weight excluding hydrogens is 253 g/mol. The summed E-state index contributed by atoms with van der Waals surface area (Å²) in [6.07, 6.45) is 0.350. The minimum atomic E-state index is -3.49. The molecule has 0 amide bonds. The van der Waals surface area contributed by atoms with Crippen molar-refractivity contribution in [2.75, 3.05) is 23.0 Å². The van der Waals surface area contributed by atoms with Gasteiger partial charge in [-0.1, -0.05) is 12.1 Å². The molecule has 6 heteroatoms. The van der Waals surface area contributed by atoms with E-state index in [9.17, 15) is 12.8 Å². The Balaban J connectivity index is 2.94. The number of hydrogen-bond donors (Lipinski definition) is 0. The number of sulfonamides is 1. The summed E-state index contributed by atoms with van der Waals surface area (Å²) in [5, 5.41) is 0. The van der Waals surface area contributed by atoms with Gasteiger partial charge < -0.3 is 0 Å². The fraction of sp³-hybridized carbons (Fsp3) is 0.400. The van der Waals surface area contributed by atoms with E-state index in [1.807, 2.05) is 0 Å². The first-order valence-electron chi connectivity index (χ1n) is 4.76. The lowest BCUT2D eigenvalue weighted by molar-refractivity contribution is 0.588. The molecule has 90 valence electrons. The fourth-order valence-corrected chi connectivity index (χ4v) is 2.75. The maximum absolute atomic E-state index is 13.4. The molecule has 1 aromatic carbocycles. The highest BCUT2D eigenvalue weighted by molar-refractivity contribution is 7.92. The maximum Gasteiger partial charge on any atom is 0.235 e. The van der Waals surface area contributed by atoms with Crippen LogP contribution in [0.2, 0.25) is 0 Å². The number of hydrogen-bond acceptors (Lipinski definition) is 2. The van der Waals surface area contributed by atoms with Gasteiger partial charge in [0, 0.05) is 12.9 Å². The Kier molecular flexibility index (Phi) is 4.56. The van der Waals surface area contributed by atoms with E-state index in [0.717, 1.165) is 4.31 Å². The van der Waals surface area contributed by atoms with E-state index in [4.69, 9.17) is 11.6 Å².